The van der Waals surface area contributed by atoms with Gasteiger partial charge in [-0.3, -0.25) is 9.59 Å². The minimum absolute atomic E-state index is 0.132. The molecule has 136 valence electrons. The summed E-state index contributed by atoms with van der Waals surface area (Å²) in [4.78, 5) is 27.4. The number of anilines is 1. The first-order chi connectivity index (χ1) is 11.4. The highest BCUT2D eigenvalue weighted by molar-refractivity contribution is 7.89. The molecule has 1 aromatic carbocycles. The van der Waals surface area contributed by atoms with E-state index in [0.717, 1.165) is 4.31 Å². The monoisotopic (exact) mass is 364 g/mol. The number of fused-ring (bicyclic) bond motifs is 2. The van der Waals surface area contributed by atoms with Crippen LogP contribution in [0.2, 0.25) is 0 Å². The van der Waals surface area contributed by atoms with Crippen molar-refractivity contribution in [2.24, 2.45) is 16.7 Å². The molecule has 7 heteroatoms. The molecule has 2 atom stereocenters. The van der Waals surface area contributed by atoms with Crippen molar-refractivity contribution in [2.75, 3.05) is 19.0 Å². The molecule has 25 heavy (non-hydrogen) atoms. The number of carbonyl (C=O) groups is 2. The maximum absolute atomic E-state index is 13.1. The molecule has 0 N–H and O–H groups in total. The van der Waals surface area contributed by atoms with E-state index in [9.17, 15) is 18.0 Å². The highest BCUT2D eigenvalue weighted by Gasteiger charge is 2.64. The van der Waals surface area contributed by atoms with Crippen molar-refractivity contribution in [1.29, 1.82) is 0 Å². The summed E-state index contributed by atoms with van der Waals surface area (Å²) in [5.74, 6) is -0.576. The average molecular weight is 364 g/mol. The molecule has 3 rings (SSSR count). The minimum Gasteiger partial charge on any atom is -0.274 e. The van der Waals surface area contributed by atoms with E-state index in [2.05, 4.69) is 0 Å². The number of imide groups is 1. The Balaban J connectivity index is 2.01. The Morgan fingerprint density at radius 2 is 1.64 bits per heavy atom. The molecule has 6 nitrogen and oxygen atoms in total. The highest BCUT2D eigenvalue weighted by atomic mass is 32.2. The number of sulfonamides is 1. The number of hydrogen-bond donors (Lipinski definition) is 0. The average Bonchev–Trinajstić information content (AvgIpc) is 2.71. The maximum Gasteiger partial charge on any atom is 0.242 e. The molecule has 0 radical (unpaired) electrons. The van der Waals surface area contributed by atoms with Crippen LogP contribution in [0.1, 0.15) is 33.6 Å². The number of benzene rings is 1. The molecule has 0 aromatic heterocycles. The Labute approximate surface area is 148 Å². The van der Waals surface area contributed by atoms with Gasteiger partial charge in [-0.2, -0.15) is 0 Å². The maximum atomic E-state index is 13.1. The predicted molar refractivity (Wildman–Crippen MR) is 94.4 cm³/mol. The van der Waals surface area contributed by atoms with E-state index < -0.39 is 15.4 Å². The summed E-state index contributed by atoms with van der Waals surface area (Å²) in [6, 6.07) is 5.95. The summed E-state index contributed by atoms with van der Waals surface area (Å²) in [5, 5.41) is 0. The first-order valence-electron chi connectivity index (χ1n) is 8.35. The Kier molecular flexibility index (Phi) is 3.89. The molecule has 0 spiro atoms. The standard InChI is InChI=1S/C18H24N2O4S/c1-17(2)14-10-11-18(17,3)16(22)20(15(14)21)12-6-8-13(9-7-12)25(23,24)19(4)5/h6-9,14H,10-11H2,1-5H3/t14-,18+/m1/s1. The van der Waals surface area contributed by atoms with Gasteiger partial charge in [-0.15, -0.1) is 0 Å². The fourth-order valence-corrected chi connectivity index (χ4v) is 4.94. The lowest BCUT2D eigenvalue weighted by Crippen LogP contribution is -2.59. The van der Waals surface area contributed by atoms with E-state index >= 15 is 0 Å². The molecule has 1 heterocycles. The second-order valence-electron chi connectivity index (χ2n) is 7.91. The summed E-state index contributed by atoms with van der Waals surface area (Å²) in [7, 11) is -0.627. The molecule has 1 saturated heterocycles. The second-order valence-corrected chi connectivity index (χ2v) is 10.1. The van der Waals surface area contributed by atoms with Gasteiger partial charge in [-0.05, 0) is 42.5 Å². The van der Waals surface area contributed by atoms with Crippen LogP contribution in [0.3, 0.4) is 0 Å². The third kappa shape index (κ3) is 2.29. The zero-order valence-corrected chi connectivity index (χ0v) is 16.1. The van der Waals surface area contributed by atoms with Gasteiger partial charge >= 0.3 is 0 Å². The third-order valence-electron chi connectivity index (χ3n) is 6.29. The number of amides is 2. The second kappa shape index (κ2) is 5.38. The van der Waals surface area contributed by atoms with Gasteiger partial charge in [0.2, 0.25) is 21.8 Å². The van der Waals surface area contributed by atoms with Crippen LogP contribution < -0.4 is 4.90 Å². The van der Waals surface area contributed by atoms with Crippen molar-refractivity contribution in [3.63, 3.8) is 0 Å². The minimum atomic E-state index is -3.55. The van der Waals surface area contributed by atoms with E-state index in [1.165, 1.54) is 43.3 Å². The molecular formula is C18H24N2O4S. The molecule has 1 saturated carbocycles. The summed E-state index contributed by atoms with van der Waals surface area (Å²) in [5.41, 5.74) is -0.521. The van der Waals surface area contributed by atoms with Crippen LogP contribution in [0, 0.1) is 16.7 Å². The summed E-state index contributed by atoms with van der Waals surface area (Å²) in [6.45, 7) is 5.91. The summed E-state index contributed by atoms with van der Waals surface area (Å²) >= 11 is 0. The number of nitrogens with zero attached hydrogens (tertiary/aromatic N) is 2. The number of hydrogen-bond acceptors (Lipinski definition) is 4. The Bertz CT molecular complexity index is 842. The zero-order chi connectivity index (χ0) is 18.8. The largest absolute Gasteiger partial charge is 0.274 e. The van der Waals surface area contributed by atoms with Gasteiger partial charge in [0.15, 0.2) is 0 Å². The Hall–Kier alpha value is -1.73. The van der Waals surface area contributed by atoms with Crippen LogP contribution in [-0.2, 0) is 19.6 Å². The molecule has 2 aliphatic rings. The molecule has 2 bridgehead atoms. The van der Waals surface area contributed by atoms with Crippen molar-refractivity contribution in [3.8, 4) is 0 Å². The first kappa shape index (κ1) is 18.1. The quantitative estimate of drug-likeness (QED) is 0.771. The van der Waals surface area contributed by atoms with Gasteiger partial charge in [0.05, 0.1) is 16.0 Å². The van der Waals surface area contributed by atoms with Gasteiger partial charge < -0.3 is 0 Å². The highest BCUT2D eigenvalue weighted by Crippen LogP contribution is 2.60. The Morgan fingerprint density at radius 1 is 1.08 bits per heavy atom. The van der Waals surface area contributed by atoms with Gasteiger partial charge in [-0.1, -0.05) is 20.8 Å². The van der Waals surface area contributed by atoms with Gasteiger partial charge in [-0.25, -0.2) is 17.6 Å². The molecule has 2 fully saturated rings. The van der Waals surface area contributed by atoms with E-state index in [-0.39, 0.29) is 28.0 Å². The van der Waals surface area contributed by atoms with Gasteiger partial charge in [0, 0.05) is 20.0 Å². The molecular weight excluding hydrogens is 340 g/mol. The number of rotatable bonds is 3. The smallest absolute Gasteiger partial charge is 0.242 e. The summed E-state index contributed by atoms with van der Waals surface area (Å²) < 4.78 is 25.5. The predicted octanol–water partition coefficient (Wildman–Crippen LogP) is 2.25. The van der Waals surface area contributed by atoms with Crippen molar-refractivity contribution in [2.45, 2.75) is 38.5 Å². The first-order valence-corrected chi connectivity index (χ1v) is 9.79. The van der Waals surface area contributed by atoms with Crippen LogP contribution in [0.15, 0.2) is 29.2 Å². The molecule has 1 aromatic rings. The van der Waals surface area contributed by atoms with Crippen LogP contribution in [0.25, 0.3) is 0 Å². The lowest BCUT2D eigenvalue weighted by molar-refractivity contribution is -0.146. The fraction of sp³-hybridized carbons (Fsp3) is 0.556. The molecule has 1 aliphatic heterocycles. The van der Waals surface area contributed by atoms with Crippen LogP contribution >= 0.6 is 0 Å². The van der Waals surface area contributed by atoms with Crippen molar-refractivity contribution < 1.29 is 18.0 Å². The van der Waals surface area contributed by atoms with Crippen LogP contribution in [0.5, 0.6) is 0 Å². The third-order valence-corrected chi connectivity index (χ3v) is 8.12. The SMILES string of the molecule is CN(C)S(=O)(=O)c1ccc(N2C(=O)[C@H]3CC[C@@](C)(C2=O)C3(C)C)cc1. The van der Waals surface area contributed by atoms with Crippen LogP contribution in [0.4, 0.5) is 5.69 Å². The lowest BCUT2D eigenvalue weighted by atomic mass is 9.62. The van der Waals surface area contributed by atoms with Crippen LogP contribution in [-0.4, -0.2) is 38.6 Å². The number of piperidine rings is 1. The van der Waals surface area contributed by atoms with E-state index in [4.69, 9.17) is 0 Å². The Morgan fingerprint density at radius 3 is 2.16 bits per heavy atom. The molecule has 1 aliphatic carbocycles. The van der Waals surface area contributed by atoms with E-state index in [0.29, 0.717) is 18.5 Å². The fourth-order valence-electron chi connectivity index (χ4n) is 4.04. The van der Waals surface area contributed by atoms with Gasteiger partial charge in [0.1, 0.15) is 0 Å². The topological polar surface area (TPSA) is 74.8 Å². The molecule has 0 unspecified atom stereocenters. The summed E-state index contributed by atoms with van der Waals surface area (Å²) in [6.07, 6.45) is 1.40. The number of carbonyl (C=O) groups excluding carboxylic acids is 2. The zero-order valence-electron chi connectivity index (χ0n) is 15.2. The molecule has 2 amide bonds. The normalized spacial score (nSPS) is 28.7. The van der Waals surface area contributed by atoms with Crippen molar-refractivity contribution in [3.05, 3.63) is 24.3 Å². The van der Waals surface area contributed by atoms with Crippen molar-refractivity contribution >= 4 is 27.5 Å². The van der Waals surface area contributed by atoms with Crippen molar-refractivity contribution in [1.82, 2.24) is 4.31 Å². The lowest BCUT2D eigenvalue weighted by Gasteiger charge is -2.47. The van der Waals surface area contributed by atoms with E-state index in [1.807, 2.05) is 20.8 Å². The van der Waals surface area contributed by atoms with Gasteiger partial charge in [0.25, 0.3) is 0 Å². The van der Waals surface area contributed by atoms with E-state index in [1.54, 1.807) is 0 Å².